The van der Waals surface area contributed by atoms with Gasteiger partial charge in [0.05, 0.1) is 0 Å². The first-order valence-electron chi connectivity index (χ1n) is 16.2. The predicted octanol–water partition coefficient (Wildman–Crippen LogP) is 13.7. The summed E-state index contributed by atoms with van der Waals surface area (Å²) < 4.78 is 2.67. The lowest BCUT2D eigenvalue weighted by Crippen LogP contribution is -1.92. The number of benzene rings is 9. The Morgan fingerprint density at radius 3 is 1.53 bits per heavy atom. The van der Waals surface area contributed by atoms with Crippen molar-refractivity contribution in [1.82, 2.24) is 0 Å². The van der Waals surface area contributed by atoms with E-state index in [-0.39, 0.29) is 0 Å². The zero-order chi connectivity index (χ0) is 30.9. The van der Waals surface area contributed by atoms with E-state index >= 15 is 0 Å². The molecule has 10 rings (SSSR count). The topological polar surface area (TPSA) is 0 Å². The molecule has 1 heterocycles. The molecule has 0 amide bonds. The number of thiophene rings is 1. The molecule has 0 aliphatic carbocycles. The van der Waals surface area contributed by atoms with Crippen molar-refractivity contribution >= 4 is 74.6 Å². The maximum atomic E-state index is 2.42. The second kappa shape index (κ2) is 10.4. The molecule has 1 aromatic heterocycles. The summed E-state index contributed by atoms with van der Waals surface area (Å²) in [6, 6.07) is 62.7. The van der Waals surface area contributed by atoms with Crippen LogP contribution in [0.15, 0.2) is 170 Å². The van der Waals surface area contributed by atoms with E-state index in [4.69, 9.17) is 0 Å². The Labute approximate surface area is 276 Å². The third-order valence-electron chi connectivity index (χ3n) is 9.86. The lowest BCUT2D eigenvalue weighted by molar-refractivity contribution is 1.66. The van der Waals surface area contributed by atoms with Gasteiger partial charge in [0.15, 0.2) is 0 Å². The van der Waals surface area contributed by atoms with Crippen molar-refractivity contribution in [2.75, 3.05) is 0 Å². The van der Waals surface area contributed by atoms with Gasteiger partial charge in [-0.05, 0) is 94.7 Å². The van der Waals surface area contributed by atoms with Gasteiger partial charge in [-0.2, -0.15) is 0 Å². The Hall–Kier alpha value is -5.76. The molecule has 0 aliphatic heterocycles. The van der Waals surface area contributed by atoms with Crippen molar-refractivity contribution < 1.29 is 0 Å². The summed E-state index contributed by atoms with van der Waals surface area (Å²) in [7, 11) is 0. The second-order valence-electron chi connectivity index (χ2n) is 12.4. The van der Waals surface area contributed by atoms with Crippen molar-refractivity contribution in [2.45, 2.75) is 0 Å². The zero-order valence-corrected chi connectivity index (χ0v) is 26.4. The molecule has 0 N–H and O–H groups in total. The Morgan fingerprint density at radius 2 is 0.830 bits per heavy atom. The van der Waals surface area contributed by atoms with E-state index in [0.717, 1.165) is 0 Å². The SMILES string of the molecule is c1ccc(-c2c3ccccc3c(-c3ccc(-c4ccc5sc6ccc7ccccc7c6c5c4)c4ccccc34)c3ccccc23)cc1. The minimum absolute atomic E-state index is 1.25. The molecule has 47 heavy (non-hydrogen) atoms. The fourth-order valence-corrected chi connectivity index (χ4v) is 8.92. The van der Waals surface area contributed by atoms with Gasteiger partial charge in [0.2, 0.25) is 0 Å². The summed E-state index contributed by atoms with van der Waals surface area (Å²) in [6.45, 7) is 0. The Morgan fingerprint density at radius 1 is 0.298 bits per heavy atom. The first-order chi connectivity index (χ1) is 23.3. The molecule has 0 saturated carbocycles. The van der Waals surface area contributed by atoms with Crippen LogP contribution in [0.3, 0.4) is 0 Å². The Bertz CT molecular complexity index is 2780. The highest BCUT2D eigenvalue weighted by atomic mass is 32.1. The third-order valence-corrected chi connectivity index (χ3v) is 11.0. The van der Waals surface area contributed by atoms with Crippen LogP contribution in [0.4, 0.5) is 0 Å². The van der Waals surface area contributed by atoms with Crippen molar-refractivity contribution in [3.63, 3.8) is 0 Å². The molecule has 0 unspecified atom stereocenters. The summed E-state index contributed by atoms with van der Waals surface area (Å²) in [6.07, 6.45) is 0. The molecule has 0 spiro atoms. The lowest BCUT2D eigenvalue weighted by atomic mass is 9.84. The molecule has 0 aliphatic rings. The van der Waals surface area contributed by atoms with Crippen LogP contribution in [0.1, 0.15) is 0 Å². The summed E-state index contributed by atoms with van der Waals surface area (Å²) >= 11 is 1.89. The summed E-state index contributed by atoms with van der Waals surface area (Å²) in [5, 5.41) is 13.0. The first-order valence-corrected chi connectivity index (χ1v) is 17.0. The van der Waals surface area contributed by atoms with Gasteiger partial charge >= 0.3 is 0 Å². The van der Waals surface area contributed by atoms with Crippen LogP contribution in [0, 0.1) is 0 Å². The van der Waals surface area contributed by atoms with Gasteiger partial charge in [-0.1, -0.05) is 152 Å². The van der Waals surface area contributed by atoms with Gasteiger partial charge in [0.25, 0.3) is 0 Å². The van der Waals surface area contributed by atoms with E-state index in [9.17, 15) is 0 Å². The molecule has 10 aromatic rings. The average Bonchev–Trinajstić information content (AvgIpc) is 3.52. The van der Waals surface area contributed by atoms with Crippen LogP contribution in [0.5, 0.6) is 0 Å². The fourth-order valence-electron chi connectivity index (χ4n) is 7.82. The number of hydrogen-bond acceptors (Lipinski definition) is 1. The number of fused-ring (bicyclic) bond motifs is 8. The van der Waals surface area contributed by atoms with E-state index in [1.54, 1.807) is 0 Å². The van der Waals surface area contributed by atoms with Crippen molar-refractivity contribution in [2.24, 2.45) is 0 Å². The molecule has 0 nitrogen and oxygen atoms in total. The average molecular weight is 613 g/mol. The largest absolute Gasteiger partial charge is 0.135 e. The maximum Gasteiger partial charge on any atom is 0.0361 e. The molecule has 218 valence electrons. The van der Waals surface area contributed by atoms with E-state index < -0.39 is 0 Å². The van der Waals surface area contributed by atoms with Crippen LogP contribution in [-0.4, -0.2) is 0 Å². The highest BCUT2D eigenvalue weighted by Crippen LogP contribution is 2.47. The molecular formula is C46H28S. The van der Waals surface area contributed by atoms with Gasteiger partial charge in [-0.15, -0.1) is 11.3 Å². The van der Waals surface area contributed by atoms with Gasteiger partial charge in [0, 0.05) is 20.2 Å². The quantitative estimate of drug-likeness (QED) is 0.174. The van der Waals surface area contributed by atoms with Crippen molar-refractivity contribution in [3.05, 3.63) is 170 Å². The van der Waals surface area contributed by atoms with Gasteiger partial charge < -0.3 is 0 Å². The van der Waals surface area contributed by atoms with Crippen LogP contribution in [-0.2, 0) is 0 Å². The van der Waals surface area contributed by atoms with E-state index in [1.165, 1.54) is 96.6 Å². The maximum absolute atomic E-state index is 2.42. The minimum atomic E-state index is 1.25. The van der Waals surface area contributed by atoms with Crippen molar-refractivity contribution in [1.29, 1.82) is 0 Å². The second-order valence-corrected chi connectivity index (χ2v) is 13.5. The standard InChI is InChI=1S/C46H28S/c1-2-13-30(14-3-1)44-36-18-8-10-20-38(36)45(39-21-11-9-19-37(39)44)40-25-24-32(34-16-6-7-17-35(34)40)31-23-26-42-41(28-31)46-33-15-5-4-12-29(33)22-27-43(46)47-42/h1-28H. The third kappa shape index (κ3) is 4.00. The van der Waals surface area contributed by atoms with E-state index in [2.05, 4.69) is 170 Å². The smallest absolute Gasteiger partial charge is 0.0361 e. The normalized spacial score (nSPS) is 11.8. The summed E-state index contributed by atoms with van der Waals surface area (Å²) in [5.41, 5.74) is 7.62. The van der Waals surface area contributed by atoms with Crippen LogP contribution < -0.4 is 0 Å². The van der Waals surface area contributed by atoms with E-state index in [1.807, 2.05) is 11.3 Å². The highest BCUT2D eigenvalue weighted by Gasteiger charge is 2.19. The van der Waals surface area contributed by atoms with E-state index in [0.29, 0.717) is 0 Å². The first kappa shape index (κ1) is 26.5. The van der Waals surface area contributed by atoms with Gasteiger partial charge in [0.1, 0.15) is 0 Å². The highest BCUT2D eigenvalue weighted by molar-refractivity contribution is 7.26. The lowest BCUT2D eigenvalue weighted by Gasteiger charge is -2.19. The molecule has 0 bridgehead atoms. The molecule has 0 atom stereocenters. The number of rotatable bonds is 3. The Balaban J connectivity index is 1.25. The monoisotopic (exact) mass is 612 g/mol. The molecule has 0 radical (unpaired) electrons. The Kier molecular flexibility index (Phi) is 5.85. The minimum Gasteiger partial charge on any atom is -0.135 e. The summed E-state index contributed by atoms with van der Waals surface area (Å²) in [4.78, 5) is 0. The predicted molar refractivity (Wildman–Crippen MR) is 206 cm³/mol. The summed E-state index contributed by atoms with van der Waals surface area (Å²) in [5.74, 6) is 0. The van der Waals surface area contributed by atoms with Crippen LogP contribution >= 0.6 is 11.3 Å². The molecule has 0 fully saturated rings. The zero-order valence-electron chi connectivity index (χ0n) is 25.6. The fraction of sp³-hybridized carbons (Fsp3) is 0. The molecule has 1 heteroatoms. The number of hydrogen-bond donors (Lipinski definition) is 0. The van der Waals surface area contributed by atoms with Gasteiger partial charge in [-0.25, -0.2) is 0 Å². The van der Waals surface area contributed by atoms with Crippen LogP contribution in [0.2, 0.25) is 0 Å². The van der Waals surface area contributed by atoms with Crippen molar-refractivity contribution in [3.8, 4) is 33.4 Å². The molecule has 9 aromatic carbocycles. The molecular weight excluding hydrogens is 585 g/mol. The van der Waals surface area contributed by atoms with Crippen LogP contribution in [0.25, 0.3) is 96.6 Å². The van der Waals surface area contributed by atoms with Gasteiger partial charge in [-0.3, -0.25) is 0 Å². The molecule has 0 saturated heterocycles.